The summed E-state index contributed by atoms with van der Waals surface area (Å²) in [6, 6.07) is -0.430. The predicted molar refractivity (Wildman–Crippen MR) is 213 cm³/mol. The number of carbonyl (C=O) groups is 3. The summed E-state index contributed by atoms with van der Waals surface area (Å²) < 4.78 is 11.0. The number of H-pyrrole nitrogens is 2. The first-order valence-electron chi connectivity index (χ1n) is 19.8. The van der Waals surface area contributed by atoms with Crippen LogP contribution < -0.4 is 21.2 Å². The monoisotopic (exact) mass is 738 g/mol. The molecule has 0 aromatic carbocycles. The second kappa shape index (κ2) is 15.9. The van der Waals surface area contributed by atoms with Crippen LogP contribution in [-0.2, 0) is 19.1 Å². The summed E-state index contributed by atoms with van der Waals surface area (Å²) in [4.78, 5) is 47.1. The first-order valence-corrected chi connectivity index (χ1v) is 19.8. The highest BCUT2D eigenvalue weighted by Crippen LogP contribution is 2.43. The van der Waals surface area contributed by atoms with Crippen LogP contribution in [0.2, 0.25) is 0 Å². The molecule has 4 aliphatic rings. The molecular formula is C44H58N4O6. The summed E-state index contributed by atoms with van der Waals surface area (Å²) in [5.41, 5.74) is 9.66. The van der Waals surface area contributed by atoms with Crippen LogP contribution in [-0.4, -0.2) is 52.6 Å². The second-order valence-electron chi connectivity index (χ2n) is 15.8. The average Bonchev–Trinajstić information content (AvgIpc) is 3.87. The number of nitrogens with one attached hydrogen (secondary N) is 4. The molecule has 5 N–H and O–H groups in total. The lowest BCUT2D eigenvalue weighted by Gasteiger charge is -2.26. The van der Waals surface area contributed by atoms with Crippen molar-refractivity contribution in [3.05, 3.63) is 73.1 Å². The van der Waals surface area contributed by atoms with Gasteiger partial charge in [0, 0.05) is 63.4 Å². The van der Waals surface area contributed by atoms with E-state index in [-0.39, 0.29) is 54.2 Å². The van der Waals surface area contributed by atoms with Crippen LogP contribution in [0, 0.1) is 43.4 Å². The highest BCUT2D eigenvalue weighted by molar-refractivity contribution is 6.00. The second-order valence-corrected chi connectivity index (χ2v) is 15.8. The van der Waals surface area contributed by atoms with Crippen LogP contribution in [0.15, 0.2) is 28.7 Å². The number of unbranched alkanes of at least 4 members (excludes halogenated alkanes) is 2. The Hall–Kier alpha value is -4.73. The number of ketones is 1. The molecule has 2 aromatic heterocycles. The van der Waals surface area contributed by atoms with Crippen LogP contribution in [0.1, 0.15) is 125 Å². The lowest BCUT2D eigenvalue weighted by atomic mass is 9.80. The van der Waals surface area contributed by atoms with E-state index in [0.717, 1.165) is 71.0 Å². The van der Waals surface area contributed by atoms with Crippen molar-refractivity contribution in [2.24, 2.45) is 29.6 Å². The number of rotatable bonds is 12. The van der Waals surface area contributed by atoms with Crippen LogP contribution in [0.25, 0.3) is 29.6 Å². The number of aromatic nitrogens is 2. The molecule has 6 rings (SSSR count). The number of aromatic amines is 2. The number of hydrogen-bond acceptors (Lipinski definition) is 8. The van der Waals surface area contributed by atoms with E-state index in [9.17, 15) is 19.5 Å². The molecule has 1 aliphatic carbocycles. The average molecular weight is 739 g/mol. The third kappa shape index (κ3) is 7.11. The number of carbonyl (C=O) groups excluding carboxylic acids is 3. The van der Waals surface area contributed by atoms with E-state index in [2.05, 4.69) is 73.4 Å². The standard InChI is InChI=1S/C44H58N4O6/c1-10-12-13-14-22(3)17-18-54-36(50)16-15-29-24(5)31-19-32-25(6)37(27(8)49)35(46-32)21-30-23(4)28(11-2)34(45-30)20-33-26(7)38-42(48-33)39(41(29)47-31)40(43(38)51)44(52)53-9/h17,19-21,23-24,28-29,40-41,45-48,51H,10-16,18H2,1-9H3/b22-17-,30-21-,31-19-,34-20-/t23-,24+,28-,29+,40-,41-/m1/s1. The van der Waals surface area contributed by atoms with Gasteiger partial charge in [0.05, 0.1) is 24.2 Å². The van der Waals surface area contributed by atoms with E-state index in [1.807, 2.05) is 19.9 Å². The molecule has 10 nitrogen and oxygen atoms in total. The number of aliphatic hydroxyl groups excluding tert-OH is 1. The number of aliphatic hydroxyl groups is 1. The fourth-order valence-corrected chi connectivity index (χ4v) is 9.20. The highest BCUT2D eigenvalue weighted by Gasteiger charge is 2.47. The van der Waals surface area contributed by atoms with Gasteiger partial charge in [-0.15, -0.1) is 0 Å². The number of ether oxygens (including phenoxy) is 2. The molecule has 0 saturated carbocycles. The molecule has 0 spiro atoms. The van der Waals surface area contributed by atoms with Gasteiger partial charge in [-0.1, -0.05) is 46.1 Å². The summed E-state index contributed by atoms with van der Waals surface area (Å²) >= 11 is 0. The largest absolute Gasteiger partial charge is 0.510 e. The Morgan fingerprint density at radius 1 is 0.889 bits per heavy atom. The lowest BCUT2D eigenvalue weighted by molar-refractivity contribution is -0.143. The van der Waals surface area contributed by atoms with E-state index in [1.165, 1.54) is 19.1 Å². The van der Waals surface area contributed by atoms with Gasteiger partial charge in [0.1, 0.15) is 18.3 Å². The molecule has 290 valence electrons. The molecule has 10 heteroatoms. The summed E-state index contributed by atoms with van der Waals surface area (Å²) in [5, 5.41) is 20.6. The van der Waals surface area contributed by atoms with Gasteiger partial charge < -0.3 is 35.2 Å². The van der Waals surface area contributed by atoms with Gasteiger partial charge in [0.15, 0.2) is 5.78 Å². The fraction of sp³-hybridized carbons (Fsp3) is 0.523. The SMILES string of the molecule is CCCCC/C(C)=C\COC(=O)CC[C@H]1[C@H](C)/C2=C/c3[nH]c(c(C(C)=O)c3C)/C=C3\N/C(=C\c4[nH]c5c(c4C)=C(O)[C@H](C(=O)OC)C=5[C@@H]1N2)[C@H](CC)[C@H]3C. The Labute approximate surface area is 318 Å². The van der Waals surface area contributed by atoms with Crippen molar-refractivity contribution in [3.8, 4) is 0 Å². The topological polar surface area (TPSA) is 146 Å². The molecular weight excluding hydrogens is 681 g/mol. The van der Waals surface area contributed by atoms with Gasteiger partial charge in [0.25, 0.3) is 0 Å². The maximum atomic E-state index is 13.6. The van der Waals surface area contributed by atoms with E-state index < -0.39 is 17.9 Å². The number of fused-ring (bicyclic) bond motifs is 8. The van der Waals surface area contributed by atoms with Crippen molar-refractivity contribution >= 4 is 47.3 Å². The molecule has 0 unspecified atom stereocenters. The van der Waals surface area contributed by atoms with E-state index in [4.69, 9.17) is 9.47 Å². The maximum absolute atomic E-state index is 13.6. The molecule has 2 saturated heterocycles. The van der Waals surface area contributed by atoms with Crippen LogP contribution in [0.3, 0.4) is 0 Å². The van der Waals surface area contributed by atoms with Crippen molar-refractivity contribution in [1.82, 2.24) is 20.6 Å². The first-order chi connectivity index (χ1) is 25.8. The molecule has 8 bridgehead atoms. The first kappa shape index (κ1) is 39.0. The van der Waals surface area contributed by atoms with E-state index in [1.54, 1.807) is 6.92 Å². The Morgan fingerprint density at radius 3 is 2.28 bits per heavy atom. The van der Waals surface area contributed by atoms with Crippen molar-refractivity contribution in [2.75, 3.05) is 13.7 Å². The Morgan fingerprint density at radius 2 is 1.59 bits per heavy atom. The van der Waals surface area contributed by atoms with Gasteiger partial charge in [-0.2, -0.15) is 0 Å². The molecule has 5 heterocycles. The third-order valence-electron chi connectivity index (χ3n) is 12.4. The van der Waals surface area contributed by atoms with Gasteiger partial charge in [-0.05, 0) is 100 Å². The smallest absolute Gasteiger partial charge is 0.320 e. The molecule has 54 heavy (non-hydrogen) atoms. The molecule has 2 aromatic rings. The maximum Gasteiger partial charge on any atom is 0.320 e. The minimum absolute atomic E-state index is 0.0190. The summed E-state index contributed by atoms with van der Waals surface area (Å²) in [6.07, 6.45) is 14.3. The van der Waals surface area contributed by atoms with Gasteiger partial charge in [0.2, 0.25) is 0 Å². The molecule has 6 atom stereocenters. The summed E-state index contributed by atoms with van der Waals surface area (Å²) in [5.74, 6) is -1.74. The minimum Gasteiger partial charge on any atom is -0.510 e. The zero-order valence-electron chi connectivity index (χ0n) is 33.4. The summed E-state index contributed by atoms with van der Waals surface area (Å²) in [7, 11) is 1.34. The Kier molecular flexibility index (Phi) is 11.5. The Bertz CT molecular complexity index is 2090. The van der Waals surface area contributed by atoms with Crippen LogP contribution in [0.5, 0.6) is 0 Å². The number of hydrogen-bond donors (Lipinski definition) is 5. The quantitative estimate of drug-likeness (QED) is 0.0688. The normalized spacial score (nSPS) is 27.4. The zero-order chi connectivity index (χ0) is 39.0. The van der Waals surface area contributed by atoms with Gasteiger partial charge >= 0.3 is 11.9 Å². The lowest BCUT2D eigenvalue weighted by Crippen LogP contribution is -2.38. The third-order valence-corrected chi connectivity index (χ3v) is 12.4. The number of Topliss-reactive ketones (excluding diaryl/α,β-unsaturated/α-hetero) is 1. The number of allylic oxidation sites excluding steroid dienone is 4. The molecule has 0 radical (unpaired) electrons. The highest BCUT2D eigenvalue weighted by atomic mass is 16.5. The van der Waals surface area contributed by atoms with Crippen LogP contribution >= 0.6 is 0 Å². The molecule has 0 amide bonds. The van der Waals surface area contributed by atoms with Crippen molar-refractivity contribution < 1.29 is 29.0 Å². The summed E-state index contributed by atoms with van der Waals surface area (Å²) in [6.45, 7) is 16.5. The number of esters is 2. The predicted octanol–water partition coefficient (Wildman–Crippen LogP) is 6.86. The Balaban J connectivity index is 1.47. The van der Waals surface area contributed by atoms with Crippen molar-refractivity contribution in [1.29, 1.82) is 0 Å². The van der Waals surface area contributed by atoms with Gasteiger partial charge in [-0.25, -0.2) is 0 Å². The fourth-order valence-electron chi connectivity index (χ4n) is 9.20. The molecule has 2 fully saturated rings. The molecule has 3 aliphatic heterocycles. The van der Waals surface area contributed by atoms with E-state index in [0.29, 0.717) is 28.1 Å². The minimum atomic E-state index is -1.01. The number of methoxy groups -OCH3 is 1. The van der Waals surface area contributed by atoms with E-state index >= 15 is 0 Å². The van der Waals surface area contributed by atoms with Gasteiger partial charge in [-0.3, -0.25) is 14.4 Å². The van der Waals surface area contributed by atoms with Crippen molar-refractivity contribution in [3.63, 3.8) is 0 Å². The van der Waals surface area contributed by atoms with Crippen LogP contribution in [0.4, 0.5) is 0 Å². The zero-order valence-corrected chi connectivity index (χ0v) is 33.4. The van der Waals surface area contributed by atoms with Crippen molar-refractivity contribution in [2.45, 2.75) is 106 Å².